The molecule has 0 bridgehead atoms. The van der Waals surface area contributed by atoms with Crippen LogP contribution >= 0.6 is 0 Å². The molecule has 4 atom stereocenters. The van der Waals surface area contributed by atoms with Crippen LogP contribution in [0.2, 0.25) is 0 Å². The van der Waals surface area contributed by atoms with E-state index in [1.165, 1.54) is 115 Å². The van der Waals surface area contributed by atoms with E-state index in [2.05, 4.69) is 62.4 Å². The second-order valence-electron chi connectivity index (χ2n) is 17.5. The first-order valence-corrected chi connectivity index (χ1v) is 25.1. The van der Waals surface area contributed by atoms with Gasteiger partial charge in [0.05, 0.1) is 25.4 Å². The van der Waals surface area contributed by atoms with Gasteiger partial charge in [-0.25, -0.2) is 0 Å². The van der Waals surface area contributed by atoms with Crippen LogP contribution in [0.5, 0.6) is 0 Å². The fraction of sp³-hybridized carbons (Fsp3) is 0.704. The fourth-order valence-electron chi connectivity index (χ4n) is 7.90. The summed E-state index contributed by atoms with van der Waals surface area (Å²) >= 11 is 0. The predicted molar refractivity (Wildman–Crippen MR) is 258 cm³/mol. The van der Waals surface area contributed by atoms with Gasteiger partial charge >= 0.3 is 60.8 Å². The monoisotopic (exact) mass is 1030 g/mol. The minimum absolute atomic E-state index is 0. The van der Waals surface area contributed by atoms with E-state index in [1.54, 1.807) is 0 Å². The average molecular weight is 1030 g/mol. The Hall–Kier alpha value is -2.19. The van der Waals surface area contributed by atoms with Gasteiger partial charge in [-0.3, -0.25) is 9.59 Å². The fourth-order valence-corrected chi connectivity index (χ4v) is 7.90. The number of carbonyl (C=O) groups excluding carboxylic acids is 4. The zero-order valence-electron chi connectivity index (χ0n) is 41.1. The molecular formula is C54H86BaO10. The molecular weight excluding hydrogens is 946 g/mol. The molecule has 0 N–H and O–H groups in total. The molecule has 2 aromatic rings. The molecule has 4 unspecified atom stereocenters. The van der Waals surface area contributed by atoms with Gasteiger partial charge in [0.15, 0.2) is 0 Å². The molecule has 0 saturated carbocycles. The summed E-state index contributed by atoms with van der Waals surface area (Å²) < 4.78 is 22.5. The zero-order chi connectivity index (χ0) is 46.9. The predicted octanol–water partition coefficient (Wildman–Crippen LogP) is 11.1. The van der Waals surface area contributed by atoms with Crippen LogP contribution in [0.1, 0.15) is 219 Å². The first-order chi connectivity index (χ1) is 31.0. The first-order valence-electron chi connectivity index (χ1n) is 25.1. The summed E-state index contributed by atoms with van der Waals surface area (Å²) in [5.74, 6) is -2.87. The quantitative estimate of drug-likeness (QED) is 0.0358. The Morgan fingerprint density at radius 3 is 0.923 bits per heavy atom. The Morgan fingerprint density at radius 1 is 0.415 bits per heavy atom. The van der Waals surface area contributed by atoms with Crippen LogP contribution in [0.3, 0.4) is 0 Å². The molecule has 0 amide bonds. The molecule has 364 valence electrons. The van der Waals surface area contributed by atoms with Gasteiger partial charge in [0.1, 0.15) is 12.2 Å². The van der Waals surface area contributed by atoms with E-state index >= 15 is 0 Å². The largest absolute Gasteiger partial charge is 2.00 e. The van der Waals surface area contributed by atoms with Gasteiger partial charge < -0.3 is 38.7 Å². The third kappa shape index (κ3) is 40.6. The molecule has 0 aliphatic carbocycles. The molecule has 0 aromatic heterocycles. The maximum atomic E-state index is 11.1. The number of hydrogen-bond acceptors (Lipinski definition) is 10. The number of rotatable bonds is 40. The summed E-state index contributed by atoms with van der Waals surface area (Å²) in [4.78, 5) is 43.5. The van der Waals surface area contributed by atoms with E-state index in [1.807, 2.05) is 12.1 Å². The Bertz CT molecular complexity index is 1320. The second kappa shape index (κ2) is 44.3. The minimum atomic E-state index is -1.09. The van der Waals surface area contributed by atoms with Gasteiger partial charge in [0.25, 0.3) is 0 Å². The van der Waals surface area contributed by atoms with Crippen LogP contribution in [-0.2, 0) is 51.3 Å². The third-order valence-corrected chi connectivity index (χ3v) is 11.7. The van der Waals surface area contributed by atoms with E-state index in [0.717, 1.165) is 64.2 Å². The molecule has 0 spiro atoms. The molecule has 0 aliphatic heterocycles. The van der Waals surface area contributed by atoms with Crippen molar-refractivity contribution in [2.75, 3.05) is 0 Å². The average Bonchev–Trinajstić information content (AvgIpc) is 3.28. The van der Waals surface area contributed by atoms with E-state index in [0.29, 0.717) is 38.3 Å². The number of carboxylic acids is 2. The normalized spacial score (nSPS) is 12.7. The number of hydrogen-bond donors (Lipinski definition) is 0. The summed E-state index contributed by atoms with van der Waals surface area (Å²) in [6.45, 7) is 8.55. The Labute approximate surface area is 434 Å². The van der Waals surface area contributed by atoms with Crippen LogP contribution in [0.4, 0.5) is 0 Å². The van der Waals surface area contributed by atoms with Crippen LogP contribution in [0, 0.1) is 0 Å². The van der Waals surface area contributed by atoms with Crippen LogP contribution in [0.15, 0.2) is 60.7 Å². The van der Waals surface area contributed by atoms with Crippen molar-refractivity contribution in [2.45, 2.75) is 245 Å². The standard InChI is InChI=1S/2C27H44O5.Ba/c2*1-3-25(31-22-24-16-12-11-13-17-24)18-14-9-7-5-4-6-8-10-15-19-26(32-23(2)28)20-21-27(29)30;/h2*11-13,16-17,25-26H,3-10,14-15,18-22H2,1-2H3,(H,29,30);/q;;+2/p-2. The van der Waals surface area contributed by atoms with Crippen molar-refractivity contribution >= 4 is 72.8 Å². The van der Waals surface area contributed by atoms with E-state index in [4.69, 9.17) is 18.9 Å². The van der Waals surface area contributed by atoms with Gasteiger partial charge in [0, 0.05) is 25.8 Å². The molecule has 2 rings (SSSR count). The second-order valence-corrected chi connectivity index (χ2v) is 17.5. The van der Waals surface area contributed by atoms with Crippen molar-refractivity contribution in [3.8, 4) is 0 Å². The molecule has 11 heteroatoms. The van der Waals surface area contributed by atoms with Gasteiger partial charge in [0.2, 0.25) is 0 Å². The summed E-state index contributed by atoms with van der Waals surface area (Å²) in [6.07, 6.45) is 28.2. The van der Waals surface area contributed by atoms with Crippen LogP contribution in [-0.4, -0.2) is 97.2 Å². The summed E-state index contributed by atoms with van der Waals surface area (Å²) in [5, 5.41) is 21.2. The smallest absolute Gasteiger partial charge is 0.550 e. The maximum absolute atomic E-state index is 11.1. The van der Waals surface area contributed by atoms with Crippen LogP contribution < -0.4 is 10.2 Å². The van der Waals surface area contributed by atoms with Crippen molar-refractivity contribution in [1.29, 1.82) is 0 Å². The SMILES string of the molecule is CCC(CCCCCCCCCCCC(CCC(=O)[O-])OC(C)=O)OCc1ccccc1.CCC(CCCCCCCCCCCC(CCC(=O)[O-])OC(C)=O)OCc1ccccc1.[Ba+2]. The molecule has 0 saturated heterocycles. The van der Waals surface area contributed by atoms with Crippen LogP contribution in [0.25, 0.3) is 0 Å². The Kier molecular flexibility index (Phi) is 42.8. The van der Waals surface area contributed by atoms with Crippen molar-refractivity contribution < 1.29 is 48.3 Å². The molecule has 10 nitrogen and oxygen atoms in total. The van der Waals surface area contributed by atoms with Crippen molar-refractivity contribution in [3.05, 3.63) is 71.8 Å². The topological polar surface area (TPSA) is 151 Å². The maximum Gasteiger partial charge on any atom is 2.00 e. The van der Waals surface area contributed by atoms with E-state index in [-0.39, 0.29) is 85.9 Å². The molecule has 0 heterocycles. The number of aliphatic carboxylic acids is 2. The molecule has 65 heavy (non-hydrogen) atoms. The molecule has 0 aliphatic rings. The van der Waals surface area contributed by atoms with E-state index in [9.17, 15) is 29.4 Å². The Morgan fingerprint density at radius 2 is 0.677 bits per heavy atom. The van der Waals surface area contributed by atoms with Gasteiger partial charge in [-0.15, -0.1) is 0 Å². The number of unbranched alkanes of at least 4 members (excludes halogenated alkanes) is 16. The minimum Gasteiger partial charge on any atom is -0.550 e. The number of carboxylic acid groups (broad SMARTS) is 2. The van der Waals surface area contributed by atoms with Crippen molar-refractivity contribution in [2.24, 2.45) is 0 Å². The van der Waals surface area contributed by atoms with Crippen molar-refractivity contribution in [1.82, 2.24) is 0 Å². The molecule has 2 aromatic carbocycles. The Balaban J connectivity index is 0.00000124. The van der Waals surface area contributed by atoms with E-state index < -0.39 is 11.9 Å². The van der Waals surface area contributed by atoms with Gasteiger partial charge in [-0.05, 0) is 88.2 Å². The number of ether oxygens (including phenoxy) is 4. The molecule has 0 fully saturated rings. The van der Waals surface area contributed by atoms with Gasteiger partial charge in [-0.2, -0.15) is 0 Å². The third-order valence-electron chi connectivity index (χ3n) is 11.7. The number of benzene rings is 2. The summed E-state index contributed by atoms with van der Waals surface area (Å²) in [5.41, 5.74) is 2.48. The number of carbonyl (C=O) groups is 4. The molecule has 0 radical (unpaired) electrons. The zero-order valence-corrected chi connectivity index (χ0v) is 45.5. The van der Waals surface area contributed by atoms with Gasteiger partial charge in [-0.1, -0.05) is 177 Å². The summed E-state index contributed by atoms with van der Waals surface area (Å²) in [7, 11) is 0. The first kappa shape index (κ1) is 62.8. The summed E-state index contributed by atoms with van der Waals surface area (Å²) in [6, 6.07) is 20.7. The number of esters is 2. The van der Waals surface area contributed by atoms with Crippen molar-refractivity contribution in [3.63, 3.8) is 0 Å².